The molecule has 10 heteroatoms. The van der Waals surface area contributed by atoms with Crippen molar-refractivity contribution in [1.29, 1.82) is 0 Å². The van der Waals surface area contributed by atoms with Crippen molar-refractivity contribution in [3.05, 3.63) is 45.1 Å². The lowest BCUT2D eigenvalue weighted by molar-refractivity contribution is 0.853. The molecule has 3 heterocycles. The van der Waals surface area contributed by atoms with Crippen molar-refractivity contribution in [1.82, 2.24) is 25.0 Å². The van der Waals surface area contributed by atoms with Crippen LogP contribution < -0.4 is 0 Å². The number of aryl methyl sites for hydroxylation is 2. The summed E-state index contributed by atoms with van der Waals surface area (Å²) in [5, 5.41) is 17.1. The van der Waals surface area contributed by atoms with Crippen molar-refractivity contribution >= 4 is 57.6 Å². The van der Waals surface area contributed by atoms with Gasteiger partial charge in [-0.05, 0) is 26.0 Å². The maximum absolute atomic E-state index is 6.25. The molecule has 0 fully saturated rings. The summed E-state index contributed by atoms with van der Waals surface area (Å²) in [6.07, 6.45) is 1.97. The third kappa shape index (κ3) is 4.36. The molecule has 0 spiro atoms. The van der Waals surface area contributed by atoms with E-state index in [2.05, 4.69) is 29.1 Å². The van der Waals surface area contributed by atoms with Gasteiger partial charge in [-0.3, -0.25) is 0 Å². The molecule has 4 aromatic rings. The van der Waals surface area contributed by atoms with E-state index in [9.17, 15) is 0 Å². The summed E-state index contributed by atoms with van der Waals surface area (Å²) < 4.78 is 2.94. The van der Waals surface area contributed by atoms with Gasteiger partial charge < -0.3 is 0 Å². The molecule has 29 heavy (non-hydrogen) atoms. The van der Waals surface area contributed by atoms with E-state index >= 15 is 0 Å². The monoisotopic (exact) mass is 481 g/mol. The Morgan fingerprint density at radius 1 is 1.07 bits per heavy atom. The second-order valence-corrected chi connectivity index (χ2v) is 11.4. The molecule has 1 aromatic carbocycles. The molecule has 150 valence electrons. The largest absolute Gasteiger partial charge is 0.217 e. The molecule has 0 amide bonds. The summed E-state index contributed by atoms with van der Waals surface area (Å²) in [6.45, 7) is 8.24. The fourth-order valence-electron chi connectivity index (χ4n) is 2.69. The Kier molecular flexibility index (Phi) is 5.99. The van der Waals surface area contributed by atoms with Crippen LogP contribution in [-0.2, 0) is 0 Å². The van der Waals surface area contributed by atoms with Crippen LogP contribution in [0, 0.1) is 13.8 Å². The summed E-state index contributed by atoms with van der Waals surface area (Å²) >= 11 is 17.3. The Morgan fingerprint density at radius 3 is 2.52 bits per heavy atom. The number of nitrogens with zero attached hydrogens (tertiary/aromatic N) is 5. The number of benzene rings is 1. The van der Waals surface area contributed by atoms with Crippen LogP contribution in [0.2, 0.25) is 10.0 Å². The molecule has 0 aliphatic rings. The molecule has 0 atom stereocenters. The SMILES string of the molecule is Cc1nnc(-c2cn(-c3nc(-c4ccc(Cl)c(Cl)c4)c(SC(C)C)s3)nc2C)s1. The lowest BCUT2D eigenvalue weighted by Crippen LogP contribution is -1.94. The van der Waals surface area contributed by atoms with Gasteiger partial charge >= 0.3 is 0 Å². The van der Waals surface area contributed by atoms with Crippen LogP contribution in [0.1, 0.15) is 24.5 Å². The minimum Gasteiger partial charge on any atom is -0.217 e. The zero-order valence-corrected chi connectivity index (χ0v) is 20.1. The van der Waals surface area contributed by atoms with Crippen LogP contribution in [0.5, 0.6) is 0 Å². The van der Waals surface area contributed by atoms with Gasteiger partial charge in [0.25, 0.3) is 0 Å². The molecule has 3 aromatic heterocycles. The number of thioether (sulfide) groups is 1. The molecular weight excluding hydrogens is 465 g/mol. The van der Waals surface area contributed by atoms with Crippen molar-refractivity contribution < 1.29 is 0 Å². The predicted molar refractivity (Wildman–Crippen MR) is 124 cm³/mol. The molecule has 0 saturated carbocycles. The minimum atomic E-state index is 0.420. The van der Waals surface area contributed by atoms with Gasteiger partial charge in [-0.15, -0.1) is 22.0 Å². The quantitative estimate of drug-likeness (QED) is 0.289. The molecule has 5 nitrogen and oxygen atoms in total. The van der Waals surface area contributed by atoms with Crippen LogP contribution in [-0.4, -0.2) is 30.2 Å². The first-order valence-electron chi connectivity index (χ1n) is 8.82. The number of rotatable bonds is 5. The van der Waals surface area contributed by atoms with Crippen molar-refractivity contribution in [3.63, 3.8) is 0 Å². The van der Waals surface area contributed by atoms with E-state index in [1.165, 1.54) is 0 Å². The van der Waals surface area contributed by atoms with E-state index in [-0.39, 0.29) is 0 Å². The van der Waals surface area contributed by atoms with Crippen LogP contribution >= 0.6 is 57.6 Å². The Bertz CT molecular complexity index is 1180. The Balaban J connectivity index is 1.79. The Morgan fingerprint density at radius 2 is 1.86 bits per heavy atom. The smallest absolute Gasteiger partial charge is 0.211 e. The van der Waals surface area contributed by atoms with Gasteiger partial charge in [-0.1, -0.05) is 65.8 Å². The predicted octanol–water partition coefficient (Wildman–Crippen LogP) is 6.94. The van der Waals surface area contributed by atoms with E-state index in [1.54, 1.807) is 40.5 Å². The van der Waals surface area contributed by atoms with E-state index < -0.39 is 0 Å². The maximum atomic E-state index is 6.25. The summed E-state index contributed by atoms with van der Waals surface area (Å²) in [5.41, 5.74) is 3.70. The van der Waals surface area contributed by atoms with Crippen molar-refractivity contribution in [2.24, 2.45) is 0 Å². The number of hydrogen-bond donors (Lipinski definition) is 0. The van der Waals surface area contributed by atoms with Crippen molar-refractivity contribution in [2.45, 2.75) is 37.2 Å². The highest BCUT2D eigenvalue weighted by Gasteiger charge is 2.19. The fourth-order valence-corrected chi connectivity index (χ4v) is 6.18. The number of aromatic nitrogens is 5. The first-order valence-corrected chi connectivity index (χ1v) is 12.1. The minimum absolute atomic E-state index is 0.420. The summed E-state index contributed by atoms with van der Waals surface area (Å²) in [7, 11) is 0. The molecule has 0 bridgehead atoms. The van der Waals surface area contributed by atoms with E-state index in [0.717, 1.165) is 41.9 Å². The van der Waals surface area contributed by atoms with Gasteiger partial charge in [0, 0.05) is 17.0 Å². The lowest BCUT2D eigenvalue weighted by atomic mass is 10.2. The lowest BCUT2D eigenvalue weighted by Gasteiger charge is -2.05. The molecule has 0 N–H and O–H groups in total. The molecule has 0 unspecified atom stereocenters. The molecule has 0 aliphatic heterocycles. The normalized spacial score (nSPS) is 11.6. The second kappa shape index (κ2) is 8.35. The third-order valence-electron chi connectivity index (χ3n) is 3.97. The molecule has 0 saturated heterocycles. The zero-order chi connectivity index (χ0) is 20.7. The molecule has 4 rings (SSSR count). The average molecular weight is 482 g/mol. The van der Waals surface area contributed by atoms with Crippen molar-refractivity contribution in [3.8, 4) is 27.0 Å². The first kappa shape index (κ1) is 20.8. The van der Waals surface area contributed by atoms with E-state index in [4.69, 9.17) is 28.2 Å². The van der Waals surface area contributed by atoms with Gasteiger partial charge in [-0.25, -0.2) is 9.67 Å². The van der Waals surface area contributed by atoms with Gasteiger partial charge in [0.05, 0.1) is 31.2 Å². The highest BCUT2D eigenvalue weighted by atomic mass is 35.5. The third-order valence-corrected chi connectivity index (χ3v) is 7.84. The zero-order valence-electron chi connectivity index (χ0n) is 16.1. The average Bonchev–Trinajstić information content (AvgIpc) is 3.35. The Labute approximate surface area is 191 Å². The van der Waals surface area contributed by atoms with Gasteiger partial charge in [0.2, 0.25) is 5.13 Å². The molecular formula is C19H17Cl2N5S3. The highest BCUT2D eigenvalue weighted by Crippen LogP contribution is 2.41. The van der Waals surface area contributed by atoms with E-state index in [0.29, 0.717) is 15.3 Å². The molecule has 0 aliphatic carbocycles. The topological polar surface area (TPSA) is 56.5 Å². The fraction of sp³-hybridized carbons (Fsp3) is 0.263. The maximum Gasteiger partial charge on any atom is 0.211 e. The van der Waals surface area contributed by atoms with Crippen molar-refractivity contribution in [2.75, 3.05) is 0 Å². The second-order valence-electron chi connectivity index (χ2n) is 6.63. The number of hydrogen-bond acceptors (Lipinski definition) is 7. The number of thiazole rings is 1. The van der Waals surface area contributed by atoms with Crippen LogP contribution in [0.3, 0.4) is 0 Å². The number of halogens is 2. The summed E-state index contributed by atoms with van der Waals surface area (Å²) in [4.78, 5) is 4.89. The van der Waals surface area contributed by atoms with Crippen LogP contribution in [0.4, 0.5) is 0 Å². The van der Waals surface area contributed by atoms with Gasteiger partial charge in [0.15, 0.2) is 5.01 Å². The Hall–Kier alpha value is -1.45. The summed E-state index contributed by atoms with van der Waals surface area (Å²) in [5.74, 6) is 0. The first-order chi connectivity index (χ1) is 13.8. The van der Waals surface area contributed by atoms with Crippen LogP contribution in [0.15, 0.2) is 28.6 Å². The van der Waals surface area contributed by atoms with Crippen LogP contribution in [0.25, 0.3) is 27.0 Å². The highest BCUT2D eigenvalue weighted by molar-refractivity contribution is 8.01. The van der Waals surface area contributed by atoms with Gasteiger partial charge in [0.1, 0.15) is 5.01 Å². The summed E-state index contributed by atoms with van der Waals surface area (Å²) in [6, 6.07) is 5.61. The molecule has 0 radical (unpaired) electrons. The van der Waals surface area contributed by atoms with E-state index in [1.807, 2.05) is 36.9 Å². The standard InChI is InChI=1S/C19H17Cl2N5S3/c1-9(2)27-18-16(12-5-6-14(20)15(21)7-12)22-19(29-18)26-8-13(10(3)25-26)17-24-23-11(4)28-17/h5-9H,1-4H3. The van der Waals surface area contributed by atoms with Gasteiger partial charge in [-0.2, -0.15) is 5.10 Å².